The molecule has 0 unspecified atom stereocenters. The molecule has 0 bridgehead atoms. The second-order valence-electron chi connectivity index (χ2n) is 2.22. The minimum absolute atomic E-state index is 0.0425. The van der Waals surface area contributed by atoms with Gasteiger partial charge in [-0.2, -0.15) is 10.5 Å². The normalized spacial score (nSPS) is 10.6. The average molecular weight is 187 g/mol. The maximum absolute atomic E-state index is 12.8. The Balaban J connectivity index is 2.92. The number of rotatable bonds is 1. The van der Waals surface area contributed by atoms with Crippen LogP contribution in [0.4, 0.5) is 14.9 Å². The number of halogens is 2. The molecule has 0 aliphatic carbocycles. The molecule has 0 aliphatic heterocycles. The highest BCUT2D eigenvalue weighted by molar-refractivity contribution is 5.69. The molecule has 0 atom stereocenters. The molecule has 13 heavy (non-hydrogen) atoms. The van der Waals surface area contributed by atoms with Crippen LogP contribution in [-0.2, 0) is 0 Å². The van der Waals surface area contributed by atoms with E-state index in [4.69, 9.17) is 0 Å². The number of nitrogens with zero attached hydrogens (tertiary/aromatic N) is 3. The SMILES string of the molecule is O=c1c2[nH]cnc2nc(NF)n1F. The van der Waals surface area contributed by atoms with Crippen LogP contribution in [0.25, 0.3) is 11.2 Å². The van der Waals surface area contributed by atoms with E-state index in [0.29, 0.717) is 0 Å². The first-order chi connectivity index (χ1) is 6.24. The summed E-state index contributed by atoms with van der Waals surface area (Å²) in [7, 11) is 0. The maximum Gasteiger partial charge on any atom is 0.309 e. The molecular formula is C5H3F2N5O. The Morgan fingerprint density at radius 2 is 2.38 bits per heavy atom. The Bertz CT molecular complexity index is 503. The zero-order chi connectivity index (χ0) is 9.42. The van der Waals surface area contributed by atoms with Crippen LogP contribution in [0.3, 0.4) is 0 Å². The fraction of sp³-hybridized carbons (Fsp3) is 0. The van der Waals surface area contributed by atoms with Crippen molar-refractivity contribution in [3.8, 4) is 0 Å². The van der Waals surface area contributed by atoms with Crippen LogP contribution in [0.15, 0.2) is 11.1 Å². The molecule has 0 amide bonds. The van der Waals surface area contributed by atoms with Crippen molar-refractivity contribution in [3.05, 3.63) is 16.7 Å². The molecular weight excluding hydrogens is 184 g/mol. The van der Waals surface area contributed by atoms with E-state index in [-0.39, 0.29) is 11.2 Å². The van der Waals surface area contributed by atoms with E-state index >= 15 is 0 Å². The molecule has 0 spiro atoms. The molecule has 6 nitrogen and oxygen atoms in total. The molecule has 0 fully saturated rings. The van der Waals surface area contributed by atoms with Gasteiger partial charge in [-0.05, 0) is 0 Å². The summed E-state index contributed by atoms with van der Waals surface area (Å²) in [6.45, 7) is 0. The first-order valence-electron chi connectivity index (χ1n) is 3.23. The molecule has 0 saturated carbocycles. The Kier molecular flexibility index (Phi) is 1.47. The summed E-state index contributed by atoms with van der Waals surface area (Å²) in [6, 6.07) is 0. The van der Waals surface area contributed by atoms with Gasteiger partial charge in [-0.3, -0.25) is 4.79 Å². The van der Waals surface area contributed by atoms with Gasteiger partial charge in [0, 0.05) is 0 Å². The summed E-state index contributed by atoms with van der Waals surface area (Å²) in [6.07, 6.45) is 1.17. The van der Waals surface area contributed by atoms with Crippen molar-refractivity contribution in [3.63, 3.8) is 0 Å². The molecule has 0 radical (unpaired) electrons. The van der Waals surface area contributed by atoms with E-state index in [2.05, 4.69) is 15.0 Å². The van der Waals surface area contributed by atoms with Crippen LogP contribution in [0, 0.1) is 0 Å². The van der Waals surface area contributed by atoms with Gasteiger partial charge < -0.3 is 4.98 Å². The van der Waals surface area contributed by atoms with E-state index in [1.807, 2.05) is 0 Å². The number of H-pyrrole nitrogens is 1. The van der Waals surface area contributed by atoms with Gasteiger partial charge in [0.25, 0.3) is 5.95 Å². The Morgan fingerprint density at radius 1 is 1.62 bits per heavy atom. The van der Waals surface area contributed by atoms with Crippen molar-refractivity contribution in [2.24, 2.45) is 0 Å². The fourth-order valence-corrected chi connectivity index (χ4v) is 0.926. The maximum atomic E-state index is 12.8. The lowest BCUT2D eigenvalue weighted by Crippen LogP contribution is -2.17. The number of hydrogen-bond acceptors (Lipinski definition) is 4. The van der Waals surface area contributed by atoms with Crippen LogP contribution in [0.2, 0.25) is 0 Å². The topological polar surface area (TPSA) is 75.6 Å². The Hall–Kier alpha value is -1.99. The summed E-state index contributed by atoms with van der Waals surface area (Å²) in [5.41, 5.74) is -0.251. The van der Waals surface area contributed by atoms with Gasteiger partial charge in [0.1, 0.15) is 0 Å². The molecule has 2 aromatic heterocycles. The zero-order valence-electron chi connectivity index (χ0n) is 6.08. The van der Waals surface area contributed by atoms with Gasteiger partial charge in [0.2, 0.25) is 0 Å². The molecule has 68 valence electrons. The second-order valence-corrected chi connectivity index (χ2v) is 2.22. The lowest BCUT2D eigenvalue weighted by Gasteiger charge is -1.97. The van der Waals surface area contributed by atoms with E-state index in [0.717, 1.165) is 5.54 Å². The summed E-state index contributed by atoms with van der Waals surface area (Å²) in [4.78, 5) is 19.9. The first-order valence-corrected chi connectivity index (χ1v) is 3.23. The van der Waals surface area contributed by atoms with Crippen LogP contribution < -0.4 is 11.1 Å². The van der Waals surface area contributed by atoms with Crippen molar-refractivity contribution in [2.75, 3.05) is 5.54 Å². The highest BCUT2D eigenvalue weighted by Gasteiger charge is 2.11. The molecule has 2 heterocycles. The van der Waals surface area contributed by atoms with Gasteiger partial charge in [0.05, 0.1) is 6.33 Å². The highest BCUT2D eigenvalue weighted by atomic mass is 19.2. The molecule has 2 N–H and O–H groups in total. The minimum Gasteiger partial charge on any atom is -0.339 e. The number of anilines is 1. The number of aromatic amines is 1. The number of aromatic nitrogens is 4. The Morgan fingerprint density at radius 3 is 3.08 bits per heavy atom. The van der Waals surface area contributed by atoms with Crippen LogP contribution >= 0.6 is 0 Å². The lowest BCUT2D eigenvalue weighted by atomic mass is 10.5. The average Bonchev–Trinajstić information content (AvgIpc) is 2.59. The van der Waals surface area contributed by atoms with Gasteiger partial charge in [-0.25, -0.2) is 4.98 Å². The van der Waals surface area contributed by atoms with Crippen LogP contribution in [0.1, 0.15) is 0 Å². The fourth-order valence-electron chi connectivity index (χ4n) is 0.926. The monoisotopic (exact) mass is 187 g/mol. The third kappa shape index (κ3) is 0.949. The van der Waals surface area contributed by atoms with E-state index in [1.54, 1.807) is 0 Å². The predicted molar refractivity (Wildman–Crippen MR) is 39.4 cm³/mol. The van der Waals surface area contributed by atoms with Crippen molar-refractivity contribution < 1.29 is 8.96 Å². The minimum atomic E-state index is -1.04. The van der Waals surface area contributed by atoms with Crippen molar-refractivity contribution in [2.45, 2.75) is 0 Å². The number of hydrogen-bond donors (Lipinski definition) is 2. The van der Waals surface area contributed by atoms with Crippen LogP contribution in [0.5, 0.6) is 0 Å². The molecule has 0 aliphatic rings. The quantitative estimate of drug-likeness (QED) is 0.623. The third-order valence-electron chi connectivity index (χ3n) is 1.49. The number of fused-ring (bicyclic) bond motifs is 1. The smallest absolute Gasteiger partial charge is 0.309 e. The molecule has 0 saturated heterocycles. The van der Waals surface area contributed by atoms with Crippen molar-refractivity contribution >= 4 is 17.1 Å². The predicted octanol–water partition coefficient (Wildman–Crippen LogP) is 0.149. The molecule has 2 aromatic rings. The van der Waals surface area contributed by atoms with E-state index in [9.17, 15) is 13.8 Å². The van der Waals surface area contributed by atoms with E-state index < -0.39 is 16.3 Å². The van der Waals surface area contributed by atoms with Crippen LogP contribution in [-0.4, -0.2) is 19.7 Å². The van der Waals surface area contributed by atoms with Gasteiger partial charge in [-0.15, -0.1) is 9.27 Å². The first kappa shape index (κ1) is 7.65. The molecule has 8 heteroatoms. The molecule has 2 rings (SSSR count). The summed E-state index contributed by atoms with van der Waals surface area (Å²) >= 11 is 0. The summed E-state index contributed by atoms with van der Waals surface area (Å²) in [5, 5.41) is 0. The standard InChI is InChI=1S/C5H3F2N5O/c6-11-5-10-3-2(8-1-9-3)4(13)12(5)7/h1H,(H,8,9)(H,10,11). The van der Waals surface area contributed by atoms with E-state index in [1.165, 1.54) is 6.33 Å². The zero-order valence-corrected chi connectivity index (χ0v) is 6.08. The molecule has 0 aromatic carbocycles. The highest BCUT2D eigenvalue weighted by Crippen LogP contribution is 2.06. The third-order valence-corrected chi connectivity index (χ3v) is 1.49. The van der Waals surface area contributed by atoms with Gasteiger partial charge >= 0.3 is 5.56 Å². The van der Waals surface area contributed by atoms with Gasteiger partial charge in [0.15, 0.2) is 11.2 Å². The second kappa shape index (κ2) is 2.51. The summed E-state index contributed by atoms with van der Waals surface area (Å²) < 4.78 is 24.7. The number of imidazole rings is 1. The largest absolute Gasteiger partial charge is 0.339 e. The van der Waals surface area contributed by atoms with Crippen molar-refractivity contribution in [1.82, 2.24) is 19.7 Å². The lowest BCUT2D eigenvalue weighted by molar-refractivity contribution is 0.348. The summed E-state index contributed by atoms with van der Waals surface area (Å²) in [5.74, 6) is -0.829. The van der Waals surface area contributed by atoms with Crippen molar-refractivity contribution in [1.29, 1.82) is 0 Å². The van der Waals surface area contributed by atoms with Gasteiger partial charge in [-0.1, -0.05) is 4.48 Å². The Labute approximate surface area is 69.1 Å². The number of nitrogens with one attached hydrogen (secondary N) is 2.